The first-order chi connectivity index (χ1) is 21.2. The van der Waals surface area contributed by atoms with E-state index in [1.54, 1.807) is 18.2 Å². The van der Waals surface area contributed by atoms with Gasteiger partial charge in [-0.15, -0.1) is 0 Å². The van der Waals surface area contributed by atoms with Gasteiger partial charge in [-0.2, -0.15) is 0 Å². The highest BCUT2D eigenvalue weighted by Gasteiger charge is 2.35. The van der Waals surface area contributed by atoms with Gasteiger partial charge in [0.1, 0.15) is 18.4 Å². The molecule has 4 aromatic carbocycles. The molecule has 2 amide bonds. The van der Waals surface area contributed by atoms with Crippen LogP contribution in [0, 0.1) is 5.82 Å². The third-order valence-electron chi connectivity index (χ3n) is 7.10. The van der Waals surface area contributed by atoms with Gasteiger partial charge < -0.3 is 10.2 Å². The maximum Gasteiger partial charge on any atom is 0.264 e. The minimum absolute atomic E-state index is 0.0291. The van der Waals surface area contributed by atoms with Gasteiger partial charge in [0.15, 0.2) is 0 Å². The fourth-order valence-electron chi connectivity index (χ4n) is 4.73. The van der Waals surface area contributed by atoms with Gasteiger partial charge in [0.2, 0.25) is 11.8 Å². The molecule has 1 atom stereocenters. The van der Waals surface area contributed by atoms with Crippen molar-refractivity contribution in [2.45, 2.75) is 43.7 Å². The molecule has 0 heterocycles. The third kappa shape index (κ3) is 8.54. The van der Waals surface area contributed by atoms with Crippen molar-refractivity contribution in [2.75, 3.05) is 17.4 Å². The molecule has 1 unspecified atom stereocenters. The molecule has 1 N–H and O–H groups in total. The number of nitrogens with zero attached hydrogens (tertiary/aromatic N) is 2. The average Bonchev–Trinajstić information content (AvgIpc) is 3.03. The molecule has 0 saturated carbocycles. The normalized spacial score (nSPS) is 11.9. The van der Waals surface area contributed by atoms with Crippen LogP contribution in [0.25, 0.3) is 0 Å². The van der Waals surface area contributed by atoms with Crippen molar-refractivity contribution >= 4 is 43.5 Å². The van der Waals surface area contributed by atoms with Crippen LogP contribution in [0.4, 0.5) is 10.1 Å². The summed E-state index contributed by atoms with van der Waals surface area (Å²) in [6, 6.07) is 28.7. The number of unbranched alkanes of at least 4 members (excludes halogenated alkanes) is 1. The van der Waals surface area contributed by atoms with Gasteiger partial charge >= 0.3 is 0 Å². The highest BCUT2D eigenvalue weighted by molar-refractivity contribution is 9.10. The number of hydrogen-bond donors (Lipinski definition) is 1. The van der Waals surface area contributed by atoms with Crippen molar-refractivity contribution in [3.63, 3.8) is 0 Å². The van der Waals surface area contributed by atoms with Crippen LogP contribution in [0.3, 0.4) is 0 Å². The highest BCUT2D eigenvalue weighted by Crippen LogP contribution is 2.27. The minimum Gasteiger partial charge on any atom is -0.354 e. The molecule has 0 spiro atoms. The Labute approximate surface area is 266 Å². The SMILES string of the molecule is CCCCNC(=O)C(Cc1ccccc1)N(Cc1ccc(Br)cc1)C(=O)CN(c1ccccc1F)S(=O)(=O)c1ccccc1. The first kappa shape index (κ1) is 32.9. The van der Waals surface area contributed by atoms with E-state index in [-0.39, 0.29) is 29.5 Å². The number of amides is 2. The zero-order valence-corrected chi connectivity index (χ0v) is 26.8. The molecular formula is C34H35BrFN3O4S. The summed E-state index contributed by atoms with van der Waals surface area (Å²) >= 11 is 3.43. The molecular weight excluding hydrogens is 645 g/mol. The standard InChI is InChI=1S/C34H35BrFN3O4S/c1-2-3-22-37-34(41)32(23-26-12-6-4-7-13-26)38(24-27-18-20-28(35)21-19-27)33(40)25-39(31-17-11-10-16-30(31)36)44(42,43)29-14-8-5-9-15-29/h4-21,32H,2-3,22-25H2,1H3,(H,37,41). The smallest absolute Gasteiger partial charge is 0.264 e. The number of carbonyl (C=O) groups excluding carboxylic acids is 2. The molecule has 230 valence electrons. The molecule has 0 aliphatic heterocycles. The monoisotopic (exact) mass is 679 g/mol. The highest BCUT2D eigenvalue weighted by atomic mass is 79.9. The second-order valence-corrected chi connectivity index (χ2v) is 13.1. The predicted octanol–water partition coefficient (Wildman–Crippen LogP) is 6.34. The van der Waals surface area contributed by atoms with E-state index in [2.05, 4.69) is 21.2 Å². The Hall–Kier alpha value is -4.02. The number of rotatable bonds is 14. The van der Waals surface area contributed by atoms with Gasteiger partial charge in [-0.1, -0.05) is 102 Å². The second kappa shape index (κ2) is 15.6. The fraction of sp³-hybridized carbons (Fsp3) is 0.235. The Kier molecular flexibility index (Phi) is 11.7. The number of sulfonamides is 1. The third-order valence-corrected chi connectivity index (χ3v) is 9.40. The Morgan fingerprint density at radius 2 is 1.45 bits per heavy atom. The fourth-order valence-corrected chi connectivity index (χ4v) is 6.44. The van der Waals surface area contributed by atoms with E-state index in [0.717, 1.165) is 38.8 Å². The summed E-state index contributed by atoms with van der Waals surface area (Å²) in [5.41, 5.74) is 1.31. The summed E-state index contributed by atoms with van der Waals surface area (Å²) in [5, 5.41) is 2.95. The summed E-state index contributed by atoms with van der Waals surface area (Å²) in [6.07, 6.45) is 1.84. The number of hydrogen-bond acceptors (Lipinski definition) is 4. The number of anilines is 1. The molecule has 0 fully saturated rings. The lowest BCUT2D eigenvalue weighted by Gasteiger charge is -2.34. The Bertz CT molecular complexity index is 1640. The molecule has 44 heavy (non-hydrogen) atoms. The number of halogens is 2. The molecule has 7 nitrogen and oxygen atoms in total. The molecule has 0 radical (unpaired) electrons. The van der Waals surface area contributed by atoms with E-state index >= 15 is 4.39 Å². The molecule has 10 heteroatoms. The second-order valence-electron chi connectivity index (χ2n) is 10.3. The lowest BCUT2D eigenvalue weighted by Crippen LogP contribution is -2.53. The quantitative estimate of drug-likeness (QED) is 0.158. The van der Waals surface area contributed by atoms with Crippen LogP contribution in [0.2, 0.25) is 0 Å². The lowest BCUT2D eigenvalue weighted by atomic mass is 10.0. The number of nitrogens with one attached hydrogen (secondary N) is 1. The Balaban J connectivity index is 1.78. The topological polar surface area (TPSA) is 86.8 Å². The van der Waals surface area contributed by atoms with E-state index in [1.807, 2.05) is 61.5 Å². The molecule has 0 aliphatic rings. The zero-order valence-electron chi connectivity index (χ0n) is 24.4. The van der Waals surface area contributed by atoms with E-state index in [0.29, 0.717) is 6.54 Å². The van der Waals surface area contributed by atoms with Crippen LogP contribution >= 0.6 is 15.9 Å². The van der Waals surface area contributed by atoms with Crippen LogP contribution in [-0.4, -0.2) is 44.3 Å². The summed E-state index contributed by atoms with van der Waals surface area (Å²) in [4.78, 5) is 29.4. The van der Waals surface area contributed by atoms with Crippen LogP contribution in [0.1, 0.15) is 30.9 Å². The van der Waals surface area contributed by atoms with E-state index < -0.39 is 34.3 Å². The Morgan fingerprint density at radius 3 is 2.09 bits per heavy atom. The molecule has 0 saturated heterocycles. The van der Waals surface area contributed by atoms with Gasteiger partial charge in [-0.05, 0) is 53.9 Å². The molecule has 4 rings (SSSR count). The van der Waals surface area contributed by atoms with Crippen molar-refractivity contribution in [1.29, 1.82) is 0 Å². The Morgan fingerprint density at radius 1 is 0.841 bits per heavy atom. The first-order valence-corrected chi connectivity index (χ1v) is 16.6. The largest absolute Gasteiger partial charge is 0.354 e. The lowest BCUT2D eigenvalue weighted by molar-refractivity contribution is -0.140. The van der Waals surface area contributed by atoms with Gasteiger partial charge in [0, 0.05) is 24.0 Å². The maximum atomic E-state index is 15.2. The summed E-state index contributed by atoms with van der Waals surface area (Å²) in [7, 11) is -4.37. The van der Waals surface area contributed by atoms with Gasteiger partial charge in [0.25, 0.3) is 10.0 Å². The van der Waals surface area contributed by atoms with Crippen molar-refractivity contribution < 1.29 is 22.4 Å². The first-order valence-electron chi connectivity index (χ1n) is 14.4. The van der Waals surface area contributed by atoms with Crippen molar-refractivity contribution in [2.24, 2.45) is 0 Å². The van der Waals surface area contributed by atoms with E-state index in [4.69, 9.17) is 0 Å². The van der Waals surface area contributed by atoms with Crippen LogP contribution < -0.4 is 9.62 Å². The molecule has 0 aliphatic carbocycles. The average molecular weight is 681 g/mol. The summed E-state index contributed by atoms with van der Waals surface area (Å²) in [5.74, 6) is -1.80. The van der Waals surface area contributed by atoms with Gasteiger partial charge in [-0.25, -0.2) is 12.8 Å². The van der Waals surface area contributed by atoms with Gasteiger partial charge in [-0.3, -0.25) is 13.9 Å². The van der Waals surface area contributed by atoms with Crippen LogP contribution in [0.15, 0.2) is 119 Å². The maximum absolute atomic E-state index is 15.2. The van der Waals surface area contributed by atoms with Crippen LogP contribution in [0.5, 0.6) is 0 Å². The van der Waals surface area contributed by atoms with Crippen molar-refractivity contribution in [3.05, 3.63) is 131 Å². The zero-order chi connectivity index (χ0) is 31.5. The van der Waals surface area contributed by atoms with Gasteiger partial charge in [0.05, 0.1) is 10.6 Å². The summed E-state index contributed by atoms with van der Waals surface area (Å²) in [6.45, 7) is 1.76. The van der Waals surface area contributed by atoms with Crippen molar-refractivity contribution in [1.82, 2.24) is 10.2 Å². The van der Waals surface area contributed by atoms with Crippen LogP contribution in [-0.2, 0) is 32.6 Å². The number of carbonyl (C=O) groups is 2. The predicted molar refractivity (Wildman–Crippen MR) is 174 cm³/mol. The molecule has 0 aromatic heterocycles. The van der Waals surface area contributed by atoms with E-state index in [9.17, 15) is 18.0 Å². The summed E-state index contributed by atoms with van der Waals surface area (Å²) < 4.78 is 44.6. The van der Waals surface area contributed by atoms with Crippen molar-refractivity contribution in [3.8, 4) is 0 Å². The molecule has 4 aromatic rings. The minimum atomic E-state index is -4.37. The molecule has 0 bridgehead atoms. The number of benzene rings is 4. The van der Waals surface area contributed by atoms with E-state index in [1.165, 1.54) is 35.2 Å². The number of para-hydroxylation sites is 1.